The molecule has 0 bridgehead atoms. The fraction of sp³-hybridized carbons (Fsp3) is 0.556. The van der Waals surface area contributed by atoms with Crippen LogP contribution in [-0.2, 0) is 0 Å². The minimum absolute atomic E-state index is 0.222. The van der Waals surface area contributed by atoms with Crippen LogP contribution in [0.5, 0.6) is 0 Å². The van der Waals surface area contributed by atoms with Crippen LogP contribution in [0.2, 0.25) is 0 Å². The molecule has 3 rings (SSSR count). The van der Waals surface area contributed by atoms with Crippen molar-refractivity contribution in [2.24, 2.45) is 0 Å². The summed E-state index contributed by atoms with van der Waals surface area (Å²) < 4.78 is 7.16. The number of Topliss-reactive ketones (excluding diaryl/α,β-unsaturated/α-hetero) is 1. The predicted octanol–water partition coefficient (Wildman–Crippen LogP) is 4.64. The molecule has 0 atom stereocenters. The molecule has 1 saturated carbocycles. The van der Waals surface area contributed by atoms with Crippen molar-refractivity contribution in [1.82, 2.24) is 9.72 Å². The van der Waals surface area contributed by atoms with Crippen LogP contribution in [0.25, 0.3) is 5.82 Å². The number of ketones is 1. The van der Waals surface area contributed by atoms with E-state index in [1.807, 2.05) is 49.2 Å². The molecule has 0 unspecified atom stereocenters. The van der Waals surface area contributed by atoms with Crippen molar-refractivity contribution < 1.29 is 9.32 Å². The van der Waals surface area contributed by atoms with E-state index in [9.17, 15) is 4.79 Å². The van der Waals surface area contributed by atoms with Crippen LogP contribution in [-0.4, -0.2) is 26.5 Å². The summed E-state index contributed by atoms with van der Waals surface area (Å²) in [4.78, 5) is 12.6. The molecular formula is C18H24N2O2S. The second-order valence-corrected chi connectivity index (χ2v) is 7.70. The van der Waals surface area contributed by atoms with Gasteiger partial charge in [-0.05, 0) is 39.7 Å². The van der Waals surface area contributed by atoms with E-state index in [1.54, 1.807) is 0 Å². The Balaban J connectivity index is 1.73. The molecule has 0 aromatic carbocycles. The zero-order valence-electron chi connectivity index (χ0n) is 14.1. The van der Waals surface area contributed by atoms with Gasteiger partial charge in [0.1, 0.15) is 5.76 Å². The minimum Gasteiger partial charge on any atom is -0.360 e. The van der Waals surface area contributed by atoms with E-state index in [1.165, 1.54) is 32.1 Å². The molecule has 5 heteroatoms. The lowest BCUT2D eigenvalue weighted by Gasteiger charge is -2.20. The van der Waals surface area contributed by atoms with Gasteiger partial charge in [-0.2, -0.15) is 11.8 Å². The molecule has 1 aliphatic carbocycles. The monoisotopic (exact) mass is 332 g/mol. The van der Waals surface area contributed by atoms with Gasteiger partial charge in [0.15, 0.2) is 11.6 Å². The van der Waals surface area contributed by atoms with E-state index >= 15 is 0 Å². The highest BCUT2D eigenvalue weighted by atomic mass is 32.2. The van der Waals surface area contributed by atoms with Crippen LogP contribution in [0.3, 0.4) is 0 Å². The van der Waals surface area contributed by atoms with Crippen molar-refractivity contribution in [3.8, 4) is 5.82 Å². The Morgan fingerprint density at radius 3 is 2.65 bits per heavy atom. The Bertz CT molecular complexity index is 696. The first-order valence-electron chi connectivity index (χ1n) is 8.33. The molecule has 0 spiro atoms. The van der Waals surface area contributed by atoms with Crippen LogP contribution in [0.1, 0.15) is 59.6 Å². The molecule has 1 fully saturated rings. The first-order valence-corrected chi connectivity index (χ1v) is 9.38. The second kappa shape index (κ2) is 6.95. The van der Waals surface area contributed by atoms with E-state index < -0.39 is 0 Å². The summed E-state index contributed by atoms with van der Waals surface area (Å²) in [7, 11) is 0. The van der Waals surface area contributed by atoms with Crippen molar-refractivity contribution in [3.63, 3.8) is 0 Å². The second-order valence-electron chi connectivity index (χ2n) is 6.41. The van der Waals surface area contributed by atoms with Gasteiger partial charge in [0.2, 0.25) is 0 Å². The normalized spacial score (nSPS) is 16.0. The first kappa shape index (κ1) is 16.4. The SMILES string of the molecule is Cc1cc(-n2c(C)cc(C(=O)CSC3CCCCC3)c2C)no1. The van der Waals surface area contributed by atoms with Gasteiger partial charge >= 0.3 is 0 Å². The van der Waals surface area contributed by atoms with Gasteiger partial charge in [0.05, 0.1) is 5.75 Å². The van der Waals surface area contributed by atoms with E-state index in [0.717, 1.165) is 28.5 Å². The maximum Gasteiger partial charge on any atom is 0.180 e. The van der Waals surface area contributed by atoms with Crippen molar-refractivity contribution in [2.75, 3.05) is 5.75 Å². The number of hydrogen-bond acceptors (Lipinski definition) is 4. The van der Waals surface area contributed by atoms with Crippen LogP contribution < -0.4 is 0 Å². The number of rotatable bonds is 5. The molecule has 2 aromatic heterocycles. The molecular weight excluding hydrogens is 308 g/mol. The van der Waals surface area contributed by atoms with Crippen molar-refractivity contribution >= 4 is 17.5 Å². The number of nitrogens with zero attached hydrogens (tertiary/aromatic N) is 2. The van der Waals surface area contributed by atoms with Crippen molar-refractivity contribution in [2.45, 2.75) is 58.1 Å². The molecule has 1 aliphatic rings. The quantitative estimate of drug-likeness (QED) is 0.748. The highest BCUT2D eigenvalue weighted by molar-refractivity contribution is 8.00. The summed E-state index contributed by atoms with van der Waals surface area (Å²) >= 11 is 1.83. The maximum atomic E-state index is 12.6. The topological polar surface area (TPSA) is 48.0 Å². The first-order chi connectivity index (χ1) is 11.1. The summed E-state index contributed by atoms with van der Waals surface area (Å²) in [5, 5.41) is 4.73. The largest absolute Gasteiger partial charge is 0.360 e. The van der Waals surface area contributed by atoms with E-state index in [-0.39, 0.29) is 5.78 Å². The van der Waals surface area contributed by atoms with Crippen LogP contribution in [0.15, 0.2) is 16.7 Å². The molecule has 2 heterocycles. The van der Waals surface area contributed by atoms with Gasteiger partial charge in [-0.15, -0.1) is 0 Å². The number of aromatic nitrogens is 2. The number of carbonyl (C=O) groups excluding carboxylic acids is 1. The van der Waals surface area contributed by atoms with Gasteiger partial charge in [-0.25, -0.2) is 0 Å². The molecule has 0 amide bonds. The highest BCUT2D eigenvalue weighted by Gasteiger charge is 2.20. The van der Waals surface area contributed by atoms with Crippen molar-refractivity contribution in [3.05, 3.63) is 34.8 Å². The van der Waals surface area contributed by atoms with Crippen LogP contribution >= 0.6 is 11.8 Å². The van der Waals surface area contributed by atoms with E-state index in [4.69, 9.17) is 4.52 Å². The summed E-state index contributed by atoms with van der Waals surface area (Å²) in [6.07, 6.45) is 6.49. The van der Waals surface area contributed by atoms with Crippen LogP contribution in [0.4, 0.5) is 0 Å². The number of aryl methyl sites for hydroxylation is 2. The fourth-order valence-corrected chi connectivity index (χ4v) is 4.57. The fourth-order valence-electron chi connectivity index (χ4n) is 3.36. The Hall–Kier alpha value is -1.49. The molecule has 0 N–H and O–H groups in total. The van der Waals surface area contributed by atoms with Gasteiger partial charge < -0.3 is 4.52 Å². The maximum absolute atomic E-state index is 12.6. The van der Waals surface area contributed by atoms with Gasteiger partial charge in [-0.1, -0.05) is 24.4 Å². The van der Waals surface area contributed by atoms with Gasteiger partial charge in [-0.3, -0.25) is 9.36 Å². The third-order valence-electron chi connectivity index (χ3n) is 4.58. The highest BCUT2D eigenvalue weighted by Crippen LogP contribution is 2.29. The summed E-state index contributed by atoms with van der Waals surface area (Å²) in [5.74, 6) is 2.32. The molecule has 0 radical (unpaired) electrons. The summed E-state index contributed by atoms with van der Waals surface area (Å²) in [6.45, 7) is 5.86. The van der Waals surface area contributed by atoms with Gasteiger partial charge in [0.25, 0.3) is 0 Å². The molecule has 0 aliphatic heterocycles. The van der Waals surface area contributed by atoms with Gasteiger partial charge in [0, 0.05) is 28.3 Å². The lowest BCUT2D eigenvalue weighted by Crippen LogP contribution is -2.12. The lowest BCUT2D eigenvalue weighted by atomic mass is 10.0. The molecule has 4 nitrogen and oxygen atoms in total. The average molecular weight is 332 g/mol. The molecule has 2 aromatic rings. The zero-order chi connectivity index (χ0) is 16.4. The Labute approximate surface area is 141 Å². The summed E-state index contributed by atoms with van der Waals surface area (Å²) in [6, 6.07) is 3.87. The summed E-state index contributed by atoms with van der Waals surface area (Å²) in [5.41, 5.74) is 2.78. The smallest absolute Gasteiger partial charge is 0.180 e. The van der Waals surface area contributed by atoms with Crippen LogP contribution in [0, 0.1) is 20.8 Å². The lowest BCUT2D eigenvalue weighted by molar-refractivity contribution is 0.102. The standard InChI is InChI=1S/C18H24N2O2S/c1-12-9-16(14(3)20(12)18-10-13(2)22-19-18)17(21)11-23-15-7-5-4-6-8-15/h9-10,15H,4-8,11H2,1-3H3. The Kier molecular flexibility index (Phi) is 4.95. The van der Waals surface area contributed by atoms with E-state index in [0.29, 0.717) is 11.0 Å². The number of hydrogen-bond donors (Lipinski definition) is 0. The Morgan fingerprint density at radius 2 is 2.00 bits per heavy atom. The van der Waals surface area contributed by atoms with E-state index in [2.05, 4.69) is 5.16 Å². The number of thioether (sulfide) groups is 1. The molecule has 0 saturated heterocycles. The zero-order valence-corrected chi connectivity index (χ0v) is 14.9. The number of carbonyl (C=O) groups is 1. The minimum atomic E-state index is 0.222. The molecule has 124 valence electrons. The third kappa shape index (κ3) is 3.55. The predicted molar refractivity (Wildman–Crippen MR) is 93.7 cm³/mol. The Morgan fingerprint density at radius 1 is 1.26 bits per heavy atom. The third-order valence-corrected chi connectivity index (χ3v) is 5.95. The molecule has 23 heavy (non-hydrogen) atoms. The average Bonchev–Trinajstić information content (AvgIpc) is 3.09. The van der Waals surface area contributed by atoms with Crippen molar-refractivity contribution in [1.29, 1.82) is 0 Å².